The molecule has 1 aromatic rings. The summed E-state index contributed by atoms with van der Waals surface area (Å²) >= 11 is 0. The Bertz CT molecular complexity index is 803. The number of allylic oxidation sites excluding steroid dienone is 4. The van der Waals surface area contributed by atoms with Crippen molar-refractivity contribution < 1.29 is 27.1 Å². The van der Waals surface area contributed by atoms with E-state index in [9.17, 15) is 22.4 Å². The number of carbonyl (C=O) groups excluding carboxylic acids is 1. The summed E-state index contributed by atoms with van der Waals surface area (Å²) in [5.74, 6) is -1.88. The summed E-state index contributed by atoms with van der Waals surface area (Å²) in [6.45, 7) is 5.19. The molecule has 0 spiro atoms. The molecule has 148 valence electrons. The monoisotopic (exact) mass is 387 g/mol. The highest BCUT2D eigenvalue weighted by Crippen LogP contribution is 2.37. The lowest BCUT2D eigenvalue weighted by molar-refractivity contribution is -0.147. The van der Waals surface area contributed by atoms with Crippen molar-refractivity contribution in [2.45, 2.75) is 58.0 Å². The number of hydrogen-bond donors (Lipinski definition) is 0. The zero-order valence-corrected chi connectivity index (χ0v) is 15.3. The summed E-state index contributed by atoms with van der Waals surface area (Å²) in [7, 11) is 0. The summed E-state index contributed by atoms with van der Waals surface area (Å²) in [6, 6.07) is 0. The summed E-state index contributed by atoms with van der Waals surface area (Å²) < 4.78 is 59.9. The molecule has 0 bridgehead atoms. The number of imidazole rings is 1. The van der Waals surface area contributed by atoms with Gasteiger partial charge in [0.05, 0.1) is 17.9 Å². The molecule has 27 heavy (non-hydrogen) atoms. The molecule has 1 atom stereocenters. The van der Waals surface area contributed by atoms with E-state index in [2.05, 4.69) is 4.98 Å². The Morgan fingerprint density at radius 1 is 1.26 bits per heavy atom. The molecule has 2 heterocycles. The minimum absolute atomic E-state index is 0.0307. The van der Waals surface area contributed by atoms with Gasteiger partial charge in [-0.1, -0.05) is 6.08 Å². The number of ether oxygens (including phenoxy) is 1. The first-order valence-electron chi connectivity index (χ1n) is 8.64. The van der Waals surface area contributed by atoms with Gasteiger partial charge >= 0.3 is 12.3 Å². The molecule has 1 unspecified atom stereocenters. The summed E-state index contributed by atoms with van der Waals surface area (Å²) in [5, 5.41) is 0. The molecule has 2 aliphatic rings. The zero-order chi connectivity index (χ0) is 20.0. The fourth-order valence-electron chi connectivity index (χ4n) is 3.19. The Labute approximate surface area is 154 Å². The first-order chi connectivity index (χ1) is 12.5. The SMILES string of the molecule is CC(C)(C)OC(=O)N1CCn2c(C(F)(F)F)nc(C3C=CC(F)=CC3)c2C1. The van der Waals surface area contributed by atoms with Crippen molar-refractivity contribution in [3.63, 3.8) is 0 Å². The van der Waals surface area contributed by atoms with Crippen LogP contribution < -0.4 is 0 Å². The minimum atomic E-state index is -4.61. The quantitative estimate of drug-likeness (QED) is 0.665. The molecule has 0 fully saturated rings. The van der Waals surface area contributed by atoms with Gasteiger partial charge < -0.3 is 14.2 Å². The fourth-order valence-corrected chi connectivity index (χ4v) is 3.19. The molecule has 0 saturated carbocycles. The van der Waals surface area contributed by atoms with Crippen LogP contribution in [0.3, 0.4) is 0 Å². The first-order valence-corrected chi connectivity index (χ1v) is 8.64. The summed E-state index contributed by atoms with van der Waals surface area (Å²) in [6.07, 6.45) is -0.929. The molecule has 1 aromatic heterocycles. The highest BCUT2D eigenvalue weighted by Gasteiger charge is 2.41. The van der Waals surface area contributed by atoms with Gasteiger partial charge in [-0.05, 0) is 39.3 Å². The molecule has 0 N–H and O–H groups in total. The van der Waals surface area contributed by atoms with Crippen LogP contribution >= 0.6 is 0 Å². The number of carbonyl (C=O) groups is 1. The molecule has 5 nitrogen and oxygen atoms in total. The van der Waals surface area contributed by atoms with E-state index < -0.39 is 35.4 Å². The molecule has 0 radical (unpaired) electrons. The maximum absolute atomic E-state index is 13.4. The molecule has 0 saturated heterocycles. The Morgan fingerprint density at radius 3 is 2.52 bits per heavy atom. The number of halogens is 4. The third kappa shape index (κ3) is 4.17. The minimum Gasteiger partial charge on any atom is -0.444 e. The van der Waals surface area contributed by atoms with E-state index in [0.29, 0.717) is 5.69 Å². The van der Waals surface area contributed by atoms with E-state index in [1.165, 1.54) is 23.1 Å². The van der Waals surface area contributed by atoms with Gasteiger partial charge in [0.25, 0.3) is 0 Å². The van der Waals surface area contributed by atoms with Crippen LogP contribution in [0.1, 0.15) is 50.3 Å². The van der Waals surface area contributed by atoms with Crippen LogP contribution in [0.2, 0.25) is 0 Å². The fraction of sp³-hybridized carbons (Fsp3) is 0.556. The second-order valence-electron chi connectivity index (χ2n) is 7.61. The van der Waals surface area contributed by atoms with E-state index in [4.69, 9.17) is 4.74 Å². The topological polar surface area (TPSA) is 47.4 Å². The molecule has 1 aliphatic carbocycles. The Kier molecular flexibility index (Phi) is 4.81. The molecule has 1 aliphatic heterocycles. The number of hydrogen-bond acceptors (Lipinski definition) is 3. The van der Waals surface area contributed by atoms with Crippen molar-refractivity contribution in [2.24, 2.45) is 0 Å². The highest BCUT2D eigenvalue weighted by molar-refractivity contribution is 5.68. The van der Waals surface area contributed by atoms with E-state index in [1.54, 1.807) is 20.8 Å². The second-order valence-corrected chi connectivity index (χ2v) is 7.61. The predicted octanol–water partition coefficient (Wildman–Crippen LogP) is 4.55. The van der Waals surface area contributed by atoms with Crippen molar-refractivity contribution in [2.75, 3.05) is 6.54 Å². The van der Waals surface area contributed by atoms with E-state index in [1.807, 2.05) is 0 Å². The van der Waals surface area contributed by atoms with Crippen molar-refractivity contribution in [3.05, 3.63) is 41.3 Å². The molecule has 0 aromatic carbocycles. The number of alkyl halides is 3. The molecule has 9 heteroatoms. The normalized spacial score (nSPS) is 20.3. The maximum Gasteiger partial charge on any atom is 0.449 e. The number of fused-ring (bicyclic) bond motifs is 1. The largest absolute Gasteiger partial charge is 0.449 e. The third-order valence-corrected chi connectivity index (χ3v) is 4.35. The van der Waals surface area contributed by atoms with Crippen molar-refractivity contribution in [1.29, 1.82) is 0 Å². The van der Waals surface area contributed by atoms with Crippen LogP contribution in [0, 0.1) is 0 Å². The van der Waals surface area contributed by atoms with Crippen LogP contribution in [0.25, 0.3) is 0 Å². The lowest BCUT2D eigenvalue weighted by Crippen LogP contribution is -2.42. The van der Waals surface area contributed by atoms with Crippen LogP contribution in [-0.4, -0.2) is 32.7 Å². The average molecular weight is 387 g/mol. The number of amides is 1. The number of rotatable bonds is 1. The zero-order valence-electron chi connectivity index (χ0n) is 15.3. The maximum atomic E-state index is 13.4. The standard InChI is InChI=1S/C18H21F4N3O2/c1-17(2,3)27-16(26)24-8-9-25-13(10-24)14(23-15(25)18(20,21)22)11-4-6-12(19)7-5-11/h4,6-7,11H,5,8-10H2,1-3H3. The van der Waals surface area contributed by atoms with Crippen LogP contribution in [-0.2, 0) is 24.0 Å². The smallest absolute Gasteiger partial charge is 0.444 e. The Morgan fingerprint density at radius 2 is 1.96 bits per heavy atom. The lowest BCUT2D eigenvalue weighted by atomic mass is 9.95. The van der Waals surface area contributed by atoms with Crippen LogP contribution in [0.15, 0.2) is 24.1 Å². The lowest BCUT2D eigenvalue weighted by Gasteiger charge is -2.32. The van der Waals surface area contributed by atoms with Gasteiger partial charge in [0.1, 0.15) is 11.4 Å². The van der Waals surface area contributed by atoms with Crippen LogP contribution in [0.4, 0.5) is 22.4 Å². The summed E-state index contributed by atoms with van der Waals surface area (Å²) in [4.78, 5) is 17.5. The average Bonchev–Trinajstić information content (AvgIpc) is 2.93. The van der Waals surface area contributed by atoms with Gasteiger partial charge in [0, 0.05) is 19.0 Å². The van der Waals surface area contributed by atoms with Gasteiger partial charge in [-0.15, -0.1) is 0 Å². The summed E-state index contributed by atoms with van der Waals surface area (Å²) in [5.41, 5.74) is -0.177. The van der Waals surface area contributed by atoms with E-state index in [-0.39, 0.29) is 31.7 Å². The van der Waals surface area contributed by atoms with Gasteiger partial charge in [0.15, 0.2) is 0 Å². The van der Waals surface area contributed by atoms with Gasteiger partial charge in [-0.25, -0.2) is 14.2 Å². The van der Waals surface area contributed by atoms with Gasteiger partial charge in [-0.2, -0.15) is 13.2 Å². The first kappa shape index (κ1) is 19.4. The van der Waals surface area contributed by atoms with Gasteiger partial charge in [-0.3, -0.25) is 0 Å². The van der Waals surface area contributed by atoms with E-state index in [0.717, 1.165) is 4.57 Å². The highest BCUT2D eigenvalue weighted by atomic mass is 19.4. The Hall–Kier alpha value is -2.32. The van der Waals surface area contributed by atoms with Crippen LogP contribution in [0.5, 0.6) is 0 Å². The molecule has 3 rings (SSSR count). The van der Waals surface area contributed by atoms with Crippen molar-refractivity contribution >= 4 is 6.09 Å². The van der Waals surface area contributed by atoms with E-state index >= 15 is 0 Å². The molecular formula is C18H21F4N3O2. The van der Waals surface area contributed by atoms with Crippen molar-refractivity contribution in [1.82, 2.24) is 14.5 Å². The third-order valence-electron chi connectivity index (χ3n) is 4.35. The second kappa shape index (κ2) is 6.69. The van der Waals surface area contributed by atoms with Crippen molar-refractivity contribution in [3.8, 4) is 0 Å². The molecule has 1 amide bonds. The Balaban J connectivity index is 1.94. The van der Waals surface area contributed by atoms with Gasteiger partial charge in [0.2, 0.25) is 5.82 Å². The number of nitrogens with zero attached hydrogens (tertiary/aromatic N) is 3. The molecular weight excluding hydrogens is 366 g/mol. The number of aromatic nitrogens is 2. The predicted molar refractivity (Wildman–Crippen MR) is 89.6 cm³/mol.